The standard InChI is InChI=1S/C32H24N4/c1-5-31(6-2-25(1)27-9-17-33-18-10-27)35-21-13-29(14-22-35)30-15-23-36(24-16-30)32-7-3-26(4-8-32)28-11-19-34-20-12-28/h1-24H/q+2/p+2. The third-order valence-corrected chi connectivity index (χ3v) is 6.43. The minimum absolute atomic E-state index is 1.13. The first-order valence-electron chi connectivity index (χ1n) is 12.0. The minimum atomic E-state index is 1.13. The number of H-pyrrole nitrogens is 2. The van der Waals surface area contributed by atoms with Gasteiger partial charge in [0, 0.05) is 72.8 Å². The van der Waals surface area contributed by atoms with E-state index in [1.54, 1.807) is 0 Å². The molecule has 4 heteroatoms. The largest absolute Gasteiger partial charge is 0.218 e. The second-order valence-electron chi connectivity index (χ2n) is 8.66. The highest BCUT2D eigenvalue weighted by molar-refractivity contribution is 5.64. The monoisotopic (exact) mass is 466 g/mol. The number of aromatic amines is 2. The lowest BCUT2D eigenvalue weighted by atomic mass is 10.1. The fourth-order valence-corrected chi connectivity index (χ4v) is 4.39. The van der Waals surface area contributed by atoms with Crippen LogP contribution in [0.3, 0.4) is 0 Å². The van der Waals surface area contributed by atoms with E-state index in [1.165, 1.54) is 33.4 Å². The predicted molar refractivity (Wildman–Crippen MR) is 139 cm³/mol. The van der Waals surface area contributed by atoms with Crippen LogP contribution in [0.1, 0.15) is 0 Å². The molecule has 0 fully saturated rings. The summed E-state index contributed by atoms with van der Waals surface area (Å²) in [6.07, 6.45) is 16.2. The molecule has 0 saturated carbocycles. The second-order valence-corrected chi connectivity index (χ2v) is 8.66. The average Bonchev–Trinajstić information content (AvgIpc) is 2.98. The highest BCUT2D eigenvalue weighted by atomic mass is 14.9. The van der Waals surface area contributed by atoms with E-state index in [0.29, 0.717) is 0 Å². The summed E-state index contributed by atoms with van der Waals surface area (Å²) in [5, 5.41) is 0. The molecule has 6 aromatic rings. The summed E-state index contributed by atoms with van der Waals surface area (Å²) >= 11 is 0. The molecule has 2 N–H and O–H groups in total. The lowest BCUT2D eigenvalue weighted by Crippen LogP contribution is -2.29. The normalized spacial score (nSPS) is 10.8. The van der Waals surface area contributed by atoms with Crippen LogP contribution in [0.15, 0.2) is 147 Å². The summed E-state index contributed by atoms with van der Waals surface area (Å²) in [5.41, 5.74) is 9.46. The summed E-state index contributed by atoms with van der Waals surface area (Å²) in [4.78, 5) is 6.14. The van der Waals surface area contributed by atoms with Crippen molar-refractivity contribution in [3.63, 3.8) is 0 Å². The lowest BCUT2D eigenvalue weighted by Gasteiger charge is -2.03. The smallest absolute Gasteiger partial charge is 0.210 e. The molecule has 170 valence electrons. The van der Waals surface area contributed by atoms with E-state index in [9.17, 15) is 0 Å². The van der Waals surface area contributed by atoms with E-state index in [1.807, 2.05) is 24.8 Å². The van der Waals surface area contributed by atoms with E-state index in [4.69, 9.17) is 0 Å². The molecule has 0 amide bonds. The van der Waals surface area contributed by atoms with Crippen molar-refractivity contribution in [2.24, 2.45) is 0 Å². The van der Waals surface area contributed by atoms with E-state index in [0.717, 1.165) is 11.4 Å². The van der Waals surface area contributed by atoms with Gasteiger partial charge in [0.25, 0.3) is 0 Å². The molecule has 0 radical (unpaired) electrons. The quantitative estimate of drug-likeness (QED) is 0.325. The fraction of sp³-hybridized carbons (Fsp3) is 0. The first kappa shape index (κ1) is 21.6. The Morgan fingerprint density at radius 2 is 0.583 bits per heavy atom. The Morgan fingerprint density at radius 3 is 0.917 bits per heavy atom. The number of benzene rings is 2. The van der Waals surface area contributed by atoms with Gasteiger partial charge in [-0.1, -0.05) is 0 Å². The van der Waals surface area contributed by atoms with Crippen molar-refractivity contribution in [1.82, 2.24) is 0 Å². The molecule has 0 aliphatic heterocycles. The Balaban J connectivity index is 1.17. The maximum Gasteiger partial charge on any atom is 0.210 e. The lowest BCUT2D eigenvalue weighted by molar-refractivity contribution is -0.596. The molecular weight excluding hydrogens is 440 g/mol. The highest BCUT2D eigenvalue weighted by Gasteiger charge is 2.10. The number of pyridine rings is 4. The molecule has 0 unspecified atom stereocenters. The van der Waals surface area contributed by atoms with Crippen LogP contribution in [0.25, 0.3) is 44.8 Å². The van der Waals surface area contributed by atoms with Gasteiger partial charge < -0.3 is 0 Å². The Kier molecular flexibility index (Phi) is 5.83. The molecule has 0 aliphatic rings. The molecule has 0 spiro atoms. The number of hydrogen-bond donors (Lipinski definition) is 0. The molecule has 0 aliphatic carbocycles. The van der Waals surface area contributed by atoms with Crippen molar-refractivity contribution in [2.45, 2.75) is 0 Å². The van der Waals surface area contributed by atoms with Crippen molar-refractivity contribution < 1.29 is 19.1 Å². The van der Waals surface area contributed by atoms with Gasteiger partial charge in [0.2, 0.25) is 11.4 Å². The molecular formula is C32H26N4+4. The Morgan fingerprint density at radius 1 is 0.306 bits per heavy atom. The van der Waals surface area contributed by atoms with Gasteiger partial charge in [-0.2, -0.15) is 9.13 Å². The first-order chi connectivity index (χ1) is 17.8. The van der Waals surface area contributed by atoms with Gasteiger partial charge in [0.05, 0.1) is 0 Å². The molecule has 2 aromatic carbocycles. The van der Waals surface area contributed by atoms with E-state index in [-0.39, 0.29) is 0 Å². The minimum Gasteiger partial charge on any atom is -0.218 e. The van der Waals surface area contributed by atoms with Gasteiger partial charge in [-0.3, -0.25) is 0 Å². The SMILES string of the molecule is c1cc(-c2ccc(-[n+]3ccc(-c4cc[n+](-c5ccc(-c6cc[nH+]cc6)cc5)cc4)cc3)cc2)cc[nH+]1. The molecule has 36 heavy (non-hydrogen) atoms. The van der Waals surface area contributed by atoms with Crippen LogP contribution in [0, 0.1) is 0 Å². The number of rotatable bonds is 5. The summed E-state index contributed by atoms with van der Waals surface area (Å²) in [6, 6.07) is 34.2. The second kappa shape index (κ2) is 9.72. The van der Waals surface area contributed by atoms with Crippen LogP contribution < -0.4 is 19.1 Å². The van der Waals surface area contributed by atoms with Crippen LogP contribution in [-0.2, 0) is 0 Å². The molecule has 0 bridgehead atoms. The Bertz CT molecular complexity index is 1440. The van der Waals surface area contributed by atoms with Crippen molar-refractivity contribution >= 4 is 0 Å². The summed E-state index contributed by atoms with van der Waals surface area (Å²) in [5.74, 6) is 0. The van der Waals surface area contributed by atoms with Crippen LogP contribution in [0.5, 0.6) is 0 Å². The molecule has 4 aromatic heterocycles. The molecule has 4 heterocycles. The Hall–Kier alpha value is -4.96. The first-order valence-corrected chi connectivity index (χ1v) is 12.0. The maximum absolute atomic E-state index is 3.07. The summed E-state index contributed by atoms with van der Waals surface area (Å²) < 4.78 is 4.28. The predicted octanol–water partition coefficient (Wildman–Crippen LogP) is 4.87. The topological polar surface area (TPSA) is 36.0 Å². The van der Waals surface area contributed by atoms with Crippen molar-refractivity contribution in [2.75, 3.05) is 0 Å². The van der Waals surface area contributed by atoms with Gasteiger partial charge >= 0.3 is 0 Å². The number of aromatic nitrogens is 4. The van der Waals surface area contributed by atoms with Crippen LogP contribution in [0.2, 0.25) is 0 Å². The van der Waals surface area contributed by atoms with Crippen LogP contribution in [0.4, 0.5) is 0 Å². The zero-order chi connectivity index (χ0) is 24.2. The van der Waals surface area contributed by atoms with Crippen molar-refractivity contribution in [3.8, 4) is 44.8 Å². The van der Waals surface area contributed by atoms with Crippen LogP contribution in [-0.4, -0.2) is 0 Å². The maximum atomic E-state index is 3.07. The summed E-state index contributed by atoms with van der Waals surface area (Å²) in [7, 11) is 0. The van der Waals surface area contributed by atoms with Crippen LogP contribution >= 0.6 is 0 Å². The Labute approximate surface area is 210 Å². The third kappa shape index (κ3) is 4.52. The number of nitrogens with one attached hydrogen (secondary N) is 2. The molecule has 0 saturated heterocycles. The van der Waals surface area contributed by atoms with E-state index < -0.39 is 0 Å². The third-order valence-electron chi connectivity index (χ3n) is 6.43. The fourth-order valence-electron chi connectivity index (χ4n) is 4.39. The van der Waals surface area contributed by atoms with Gasteiger partial charge in [-0.25, -0.2) is 9.97 Å². The molecule has 4 nitrogen and oxygen atoms in total. The average molecular weight is 467 g/mol. The van der Waals surface area contributed by atoms with Gasteiger partial charge in [-0.15, -0.1) is 0 Å². The molecule has 0 atom stereocenters. The highest BCUT2D eigenvalue weighted by Crippen LogP contribution is 2.21. The zero-order valence-electron chi connectivity index (χ0n) is 19.8. The van der Waals surface area contributed by atoms with E-state index in [2.05, 4.69) is 141 Å². The molecule has 6 rings (SSSR count). The van der Waals surface area contributed by atoms with E-state index >= 15 is 0 Å². The van der Waals surface area contributed by atoms with Gasteiger partial charge in [0.1, 0.15) is 0 Å². The van der Waals surface area contributed by atoms with Gasteiger partial charge in [0.15, 0.2) is 49.6 Å². The number of nitrogens with zero attached hydrogens (tertiary/aromatic N) is 2. The van der Waals surface area contributed by atoms with Crippen molar-refractivity contribution in [1.29, 1.82) is 0 Å². The van der Waals surface area contributed by atoms with Crippen molar-refractivity contribution in [3.05, 3.63) is 147 Å². The van der Waals surface area contributed by atoms with Gasteiger partial charge in [-0.05, 0) is 57.6 Å². The zero-order valence-corrected chi connectivity index (χ0v) is 19.8. The number of hydrogen-bond acceptors (Lipinski definition) is 0. The summed E-state index contributed by atoms with van der Waals surface area (Å²) in [6.45, 7) is 0.